The summed E-state index contributed by atoms with van der Waals surface area (Å²) in [6, 6.07) is 31.6. The van der Waals surface area contributed by atoms with Crippen LogP contribution < -0.4 is 0 Å². The van der Waals surface area contributed by atoms with E-state index in [2.05, 4.69) is 98.8 Å². The molecule has 30 heavy (non-hydrogen) atoms. The van der Waals surface area contributed by atoms with E-state index >= 15 is 0 Å². The number of rotatable bonds is 3. The van der Waals surface area contributed by atoms with Crippen LogP contribution in [0.1, 0.15) is 47.2 Å². The highest BCUT2D eigenvalue weighted by Crippen LogP contribution is 2.44. The molecule has 0 fully saturated rings. The summed E-state index contributed by atoms with van der Waals surface area (Å²) in [7, 11) is 0. The Labute approximate surface area is 179 Å². The monoisotopic (exact) mass is 386 g/mol. The molecule has 0 heterocycles. The molecule has 0 saturated carbocycles. The van der Waals surface area contributed by atoms with Crippen molar-refractivity contribution in [3.8, 4) is 22.3 Å². The van der Waals surface area contributed by atoms with E-state index in [1.807, 2.05) is 0 Å². The van der Waals surface area contributed by atoms with Gasteiger partial charge in [0.2, 0.25) is 0 Å². The maximum Gasteiger partial charge on any atom is -0.00105 e. The van der Waals surface area contributed by atoms with Crippen molar-refractivity contribution in [1.82, 2.24) is 0 Å². The first-order valence-electron chi connectivity index (χ1n) is 11.0. The summed E-state index contributed by atoms with van der Waals surface area (Å²) >= 11 is 0. The molecule has 0 aliphatic heterocycles. The van der Waals surface area contributed by atoms with Gasteiger partial charge in [-0.1, -0.05) is 98.8 Å². The zero-order valence-electron chi connectivity index (χ0n) is 17.7. The molecular formula is C30H26. The topological polar surface area (TPSA) is 0 Å². The fourth-order valence-electron chi connectivity index (χ4n) is 5.75. The summed E-state index contributed by atoms with van der Waals surface area (Å²) < 4.78 is 0. The van der Waals surface area contributed by atoms with Crippen molar-refractivity contribution in [2.75, 3.05) is 0 Å². The van der Waals surface area contributed by atoms with Gasteiger partial charge < -0.3 is 0 Å². The Bertz CT molecular complexity index is 1290. The zero-order chi connectivity index (χ0) is 20.3. The van der Waals surface area contributed by atoms with Gasteiger partial charge in [0, 0.05) is 0 Å². The maximum absolute atomic E-state index is 2.42. The van der Waals surface area contributed by atoms with Crippen LogP contribution in [0, 0.1) is 0 Å². The fraction of sp³-hybridized carbons (Fsp3) is 0.200. The summed E-state index contributed by atoms with van der Waals surface area (Å²) in [6.07, 6.45) is 3.19. The van der Waals surface area contributed by atoms with Gasteiger partial charge >= 0.3 is 0 Å². The van der Waals surface area contributed by atoms with Crippen molar-refractivity contribution >= 4 is 0 Å². The normalized spacial score (nSPS) is 13.5. The molecule has 146 valence electrons. The predicted octanol–water partition coefficient (Wildman–Crippen LogP) is 7.35. The van der Waals surface area contributed by atoms with Crippen molar-refractivity contribution in [3.63, 3.8) is 0 Å². The molecule has 2 aliphatic carbocycles. The van der Waals surface area contributed by atoms with Crippen LogP contribution in [0.4, 0.5) is 0 Å². The standard InChI is InChI=1S/C30H26/c1-30(2,29-16-8-15-26-24-13-6-4-10-21(24)18-28(26)29)19-22-11-7-14-25-23-12-5-3-9-20(23)17-27(22)25/h3-16H,17-19H2,1-2H3. The van der Waals surface area contributed by atoms with E-state index in [1.165, 1.54) is 55.6 Å². The third kappa shape index (κ3) is 2.60. The van der Waals surface area contributed by atoms with E-state index < -0.39 is 0 Å². The molecule has 4 aromatic carbocycles. The minimum Gasteiger partial charge on any atom is -0.0619 e. The average molecular weight is 387 g/mol. The van der Waals surface area contributed by atoms with Crippen LogP contribution in [0.5, 0.6) is 0 Å². The first-order chi connectivity index (χ1) is 14.6. The molecule has 0 spiro atoms. The van der Waals surface area contributed by atoms with E-state index in [1.54, 1.807) is 0 Å². The van der Waals surface area contributed by atoms with Crippen LogP contribution in [0.2, 0.25) is 0 Å². The fourth-order valence-corrected chi connectivity index (χ4v) is 5.75. The van der Waals surface area contributed by atoms with Gasteiger partial charge in [-0.2, -0.15) is 0 Å². The molecule has 0 aromatic heterocycles. The minimum atomic E-state index is 0.0806. The van der Waals surface area contributed by atoms with Crippen molar-refractivity contribution in [2.45, 2.75) is 38.5 Å². The third-order valence-electron chi connectivity index (χ3n) is 7.16. The molecule has 0 heteroatoms. The highest BCUT2D eigenvalue weighted by atomic mass is 14.3. The molecule has 2 aliphatic rings. The van der Waals surface area contributed by atoms with Gasteiger partial charge in [-0.25, -0.2) is 0 Å². The van der Waals surface area contributed by atoms with Gasteiger partial charge in [0.1, 0.15) is 0 Å². The molecule has 4 aromatic rings. The van der Waals surface area contributed by atoms with Gasteiger partial charge in [0.05, 0.1) is 0 Å². The van der Waals surface area contributed by atoms with Crippen molar-refractivity contribution in [1.29, 1.82) is 0 Å². The molecule has 0 atom stereocenters. The van der Waals surface area contributed by atoms with Crippen molar-refractivity contribution < 1.29 is 0 Å². The van der Waals surface area contributed by atoms with Crippen LogP contribution >= 0.6 is 0 Å². The lowest BCUT2D eigenvalue weighted by Gasteiger charge is -2.29. The second-order valence-corrected chi connectivity index (χ2v) is 9.50. The van der Waals surface area contributed by atoms with E-state index in [4.69, 9.17) is 0 Å². The minimum absolute atomic E-state index is 0.0806. The summed E-state index contributed by atoms with van der Waals surface area (Å²) in [4.78, 5) is 0. The average Bonchev–Trinajstić information content (AvgIpc) is 3.32. The van der Waals surface area contributed by atoms with Crippen LogP contribution in [0.15, 0.2) is 84.9 Å². The zero-order valence-corrected chi connectivity index (χ0v) is 17.7. The molecule has 0 unspecified atom stereocenters. The molecule has 6 rings (SSSR count). The van der Waals surface area contributed by atoms with Crippen molar-refractivity contribution in [3.05, 3.63) is 118 Å². The molecule has 0 amide bonds. The van der Waals surface area contributed by atoms with Crippen molar-refractivity contribution in [2.24, 2.45) is 0 Å². The molecule has 0 nitrogen and oxygen atoms in total. The first-order valence-corrected chi connectivity index (χ1v) is 11.0. The van der Waals surface area contributed by atoms with Gasteiger partial charge in [0.25, 0.3) is 0 Å². The number of hydrogen-bond acceptors (Lipinski definition) is 0. The highest BCUT2D eigenvalue weighted by molar-refractivity contribution is 5.79. The van der Waals surface area contributed by atoms with Gasteiger partial charge in [-0.15, -0.1) is 0 Å². The van der Waals surface area contributed by atoms with E-state index in [0.717, 1.165) is 19.3 Å². The SMILES string of the molecule is CC(C)(Cc1cccc2c1Cc1ccccc1-2)c1cccc2c1Cc1ccccc1-2. The highest BCUT2D eigenvalue weighted by Gasteiger charge is 2.31. The lowest BCUT2D eigenvalue weighted by molar-refractivity contribution is 0.517. The maximum atomic E-state index is 2.42. The lowest BCUT2D eigenvalue weighted by atomic mass is 9.75. The van der Waals surface area contributed by atoms with Crippen LogP contribution in [0.25, 0.3) is 22.3 Å². The third-order valence-corrected chi connectivity index (χ3v) is 7.16. The Morgan fingerprint density at radius 1 is 0.567 bits per heavy atom. The Balaban J connectivity index is 1.40. The van der Waals surface area contributed by atoms with Gasteiger partial charge in [0.15, 0.2) is 0 Å². The molecular weight excluding hydrogens is 360 g/mol. The number of fused-ring (bicyclic) bond motifs is 6. The van der Waals surface area contributed by atoms with Crippen LogP contribution in [0.3, 0.4) is 0 Å². The first kappa shape index (κ1) is 17.7. The Hall–Kier alpha value is -3.12. The smallest absolute Gasteiger partial charge is 0.00105 e. The largest absolute Gasteiger partial charge is 0.0619 e. The summed E-state index contributed by atoms with van der Waals surface area (Å²) in [5, 5.41) is 0. The van der Waals surface area contributed by atoms with Gasteiger partial charge in [-0.3, -0.25) is 0 Å². The molecule has 0 N–H and O–H groups in total. The van der Waals surface area contributed by atoms with Crippen LogP contribution in [-0.4, -0.2) is 0 Å². The lowest BCUT2D eigenvalue weighted by Crippen LogP contribution is -2.23. The molecule has 0 saturated heterocycles. The second kappa shape index (κ2) is 6.44. The summed E-state index contributed by atoms with van der Waals surface area (Å²) in [5.41, 5.74) is 14.8. The van der Waals surface area contributed by atoms with E-state index in [-0.39, 0.29) is 5.41 Å². The molecule has 0 radical (unpaired) electrons. The summed E-state index contributed by atoms with van der Waals surface area (Å²) in [6.45, 7) is 4.85. The number of benzene rings is 4. The second-order valence-electron chi connectivity index (χ2n) is 9.50. The Morgan fingerprint density at radius 2 is 1.10 bits per heavy atom. The van der Waals surface area contributed by atoms with Gasteiger partial charge in [-0.05, 0) is 80.3 Å². The van der Waals surface area contributed by atoms with E-state index in [0.29, 0.717) is 0 Å². The predicted molar refractivity (Wildman–Crippen MR) is 126 cm³/mol. The summed E-state index contributed by atoms with van der Waals surface area (Å²) in [5.74, 6) is 0. The Morgan fingerprint density at radius 3 is 1.80 bits per heavy atom. The van der Waals surface area contributed by atoms with E-state index in [9.17, 15) is 0 Å². The quantitative estimate of drug-likeness (QED) is 0.298. The number of hydrogen-bond donors (Lipinski definition) is 0. The van der Waals surface area contributed by atoms with Crippen LogP contribution in [-0.2, 0) is 24.7 Å². The molecule has 0 bridgehead atoms. The Kier molecular flexibility index (Phi) is 3.80.